The van der Waals surface area contributed by atoms with Crippen molar-refractivity contribution in [3.05, 3.63) is 11.8 Å². The molecule has 6 nitrogen and oxygen atoms in total. The lowest BCUT2D eigenvalue weighted by Crippen LogP contribution is -2.48. The van der Waals surface area contributed by atoms with Gasteiger partial charge in [-0.25, -0.2) is 4.98 Å². The maximum Gasteiger partial charge on any atom is 0.227 e. The fourth-order valence-electron chi connectivity index (χ4n) is 2.26. The van der Waals surface area contributed by atoms with Gasteiger partial charge in [0.2, 0.25) is 11.9 Å². The SMILES string of the molecule is CCCNc1cc(C)nc(N2CCN(C(C)=O)CC2)n1. The third-order valence-corrected chi connectivity index (χ3v) is 3.41. The minimum atomic E-state index is 0.139. The molecule has 0 aromatic carbocycles. The highest BCUT2D eigenvalue weighted by molar-refractivity contribution is 5.73. The van der Waals surface area contributed by atoms with Gasteiger partial charge in [-0.05, 0) is 13.3 Å². The summed E-state index contributed by atoms with van der Waals surface area (Å²) in [5.74, 6) is 1.77. The molecular formula is C14H23N5O. The van der Waals surface area contributed by atoms with E-state index in [1.165, 1.54) is 0 Å². The molecule has 0 saturated carbocycles. The van der Waals surface area contributed by atoms with Gasteiger partial charge >= 0.3 is 0 Å². The zero-order valence-corrected chi connectivity index (χ0v) is 12.5. The number of amides is 1. The molecule has 0 bridgehead atoms. The third-order valence-electron chi connectivity index (χ3n) is 3.41. The second-order valence-corrected chi connectivity index (χ2v) is 5.11. The molecule has 0 aliphatic carbocycles. The number of rotatable bonds is 4. The van der Waals surface area contributed by atoms with E-state index < -0.39 is 0 Å². The second-order valence-electron chi connectivity index (χ2n) is 5.11. The molecule has 2 rings (SSSR count). The third kappa shape index (κ3) is 3.59. The molecule has 110 valence electrons. The number of carbonyl (C=O) groups is 1. The number of piperazine rings is 1. The van der Waals surface area contributed by atoms with Gasteiger partial charge in [0.1, 0.15) is 5.82 Å². The van der Waals surface area contributed by atoms with Gasteiger partial charge in [-0.3, -0.25) is 4.79 Å². The second kappa shape index (κ2) is 6.54. The number of aromatic nitrogens is 2. The highest BCUT2D eigenvalue weighted by Gasteiger charge is 2.20. The molecule has 1 amide bonds. The Balaban J connectivity index is 2.05. The van der Waals surface area contributed by atoms with Crippen LogP contribution in [0.15, 0.2) is 6.07 Å². The maximum absolute atomic E-state index is 11.3. The Morgan fingerprint density at radius 2 is 2.00 bits per heavy atom. The molecule has 0 unspecified atom stereocenters. The molecule has 1 fully saturated rings. The highest BCUT2D eigenvalue weighted by atomic mass is 16.2. The van der Waals surface area contributed by atoms with Gasteiger partial charge in [-0.1, -0.05) is 6.92 Å². The number of nitrogens with one attached hydrogen (secondary N) is 1. The molecule has 1 aliphatic rings. The molecule has 0 radical (unpaired) electrons. The number of hydrogen-bond acceptors (Lipinski definition) is 5. The van der Waals surface area contributed by atoms with E-state index in [0.29, 0.717) is 0 Å². The van der Waals surface area contributed by atoms with Gasteiger partial charge < -0.3 is 15.1 Å². The minimum absolute atomic E-state index is 0.139. The van der Waals surface area contributed by atoms with Crippen molar-refractivity contribution in [2.75, 3.05) is 42.9 Å². The van der Waals surface area contributed by atoms with E-state index in [-0.39, 0.29) is 5.91 Å². The summed E-state index contributed by atoms with van der Waals surface area (Å²) >= 11 is 0. The molecule has 0 spiro atoms. The van der Waals surface area contributed by atoms with Crippen molar-refractivity contribution >= 4 is 17.7 Å². The summed E-state index contributed by atoms with van der Waals surface area (Å²) in [7, 11) is 0. The molecular weight excluding hydrogens is 254 g/mol. The summed E-state index contributed by atoms with van der Waals surface area (Å²) in [5.41, 5.74) is 0.961. The highest BCUT2D eigenvalue weighted by Crippen LogP contribution is 2.15. The van der Waals surface area contributed by atoms with E-state index in [1.54, 1.807) is 6.92 Å². The zero-order valence-electron chi connectivity index (χ0n) is 12.5. The Labute approximate surface area is 120 Å². The van der Waals surface area contributed by atoms with Crippen LogP contribution in [0.2, 0.25) is 0 Å². The molecule has 1 aromatic heterocycles. The standard InChI is InChI=1S/C14H23N5O/c1-4-5-15-13-10-11(2)16-14(17-13)19-8-6-18(7-9-19)12(3)20/h10H,4-9H2,1-3H3,(H,15,16,17). The van der Waals surface area contributed by atoms with Crippen LogP contribution in [0.3, 0.4) is 0 Å². The lowest BCUT2D eigenvalue weighted by molar-refractivity contribution is -0.129. The summed E-state index contributed by atoms with van der Waals surface area (Å²) in [4.78, 5) is 24.4. The van der Waals surface area contributed by atoms with Gasteiger partial charge in [0.25, 0.3) is 0 Å². The zero-order chi connectivity index (χ0) is 14.5. The lowest BCUT2D eigenvalue weighted by atomic mass is 10.3. The largest absolute Gasteiger partial charge is 0.370 e. The Morgan fingerprint density at radius 1 is 1.30 bits per heavy atom. The van der Waals surface area contributed by atoms with Crippen LogP contribution in [0.5, 0.6) is 0 Å². The van der Waals surface area contributed by atoms with Crippen molar-refractivity contribution in [2.45, 2.75) is 27.2 Å². The lowest BCUT2D eigenvalue weighted by Gasteiger charge is -2.34. The molecule has 2 heterocycles. The van der Waals surface area contributed by atoms with Gasteiger partial charge in [0.15, 0.2) is 0 Å². The van der Waals surface area contributed by atoms with Crippen molar-refractivity contribution in [2.24, 2.45) is 0 Å². The molecule has 20 heavy (non-hydrogen) atoms. The summed E-state index contributed by atoms with van der Waals surface area (Å²) in [6.45, 7) is 9.69. The molecule has 6 heteroatoms. The number of nitrogens with zero attached hydrogens (tertiary/aromatic N) is 4. The predicted molar refractivity (Wildman–Crippen MR) is 80.0 cm³/mol. The summed E-state index contributed by atoms with van der Waals surface area (Å²) in [6, 6.07) is 1.96. The van der Waals surface area contributed by atoms with E-state index in [4.69, 9.17) is 0 Å². The summed E-state index contributed by atoms with van der Waals surface area (Å²) < 4.78 is 0. The van der Waals surface area contributed by atoms with Crippen molar-refractivity contribution in [1.29, 1.82) is 0 Å². The van der Waals surface area contributed by atoms with Crippen LogP contribution in [0.25, 0.3) is 0 Å². The van der Waals surface area contributed by atoms with Crippen molar-refractivity contribution in [3.63, 3.8) is 0 Å². The normalized spacial score (nSPS) is 15.3. The van der Waals surface area contributed by atoms with Gasteiger partial charge in [-0.15, -0.1) is 0 Å². The average Bonchev–Trinajstić information content (AvgIpc) is 2.44. The molecule has 1 aromatic rings. The van der Waals surface area contributed by atoms with Crippen molar-refractivity contribution in [3.8, 4) is 0 Å². The van der Waals surface area contributed by atoms with Crippen LogP contribution >= 0.6 is 0 Å². The fourth-order valence-corrected chi connectivity index (χ4v) is 2.26. The maximum atomic E-state index is 11.3. The van der Waals surface area contributed by atoms with Crippen LogP contribution in [-0.4, -0.2) is 53.5 Å². The first-order valence-corrected chi connectivity index (χ1v) is 7.20. The van der Waals surface area contributed by atoms with Crippen molar-refractivity contribution < 1.29 is 4.79 Å². The van der Waals surface area contributed by atoms with E-state index in [0.717, 1.165) is 56.6 Å². The van der Waals surface area contributed by atoms with Crippen LogP contribution in [0.1, 0.15) is 26.0 Å². The van der Waals surface area contributed by atoms with Crippen LogP contribution in [-0.2, 0) is 4.79 Å². The number of anilines is 2. The topological polar surface area (TPSA) is 61.4 Å². The quantitative estimate of drug-likeness (QED) is 0.898. The smallest absolute Gasteiger partial charge is 0.227 e. The number of carbonyl (C=O) groups excluding carboxylic acids is 1. The Hall–Kier alpha value is -1.85. The van der Waals surface area contributed by atoms with E-state index in [9.17, 15) is 4.79 Å². The molecule has 1 N–H and O–H groups in total. The summed E-state index contributed by atoms with van der Waals surface area (Å²) in [5, 5.41) is 3.30. The molecule has 0 atom stereocenters. The minimum Gasteiger partial charge on any atom is -0.370 e. The Kier molecular flexibility index (Phi) is 4.76. The Bertz CT molecular complexity index is 469. The first-order valence-electron chi connectivity index (χ1n) is 7.20. The van der Waals surface area contributed by atoms with Crippen LogP contribution in [0, 0.1) is 6.92 Å². The first-order chi connectivity index (χ1) is 9.60. The monoisotopic (exact) mass is 277 g/mol. The van der Waals surface area contributed by atoms with E-state index in [1.807, 2.05) is 17.9 Å². The summed E-state index contributed by atoms with van der Waals surface area (Å²) in [6.07, 6.45) is 1.07. The van der Waals surface area contributed by atoms with Gasteiger partial charge in [0.05, 0.1) is 0 Å². The van der Waals surface area contributed by atoms with Gasteiger partial charge in [0, 0.05) is 51.4 Å². The van der Waals surface area contributed by atoms with E-state index in [2.05, 4.69) is 27.1 Å². The molecule has 1 aliphatic heterocycles. The average molecular weight is 277 g/mol. The number of hydrogen-bond donors (Lipinski definition) is 1. The van der Waals surface area contributed by atoms with Crippen LogP contribution in [0.4, 0.5) is 11.8 Å². The van der Waals surface area contributed by atoms with Gasteiger partial charge in [-0.2, -0.15) is 4.98 Å². The fraction of sp³-hybridized carbons (Fsp3) is 0.643. The van der Waals surface area contributed by atoms with Crippen LogP contribution < -0.4 is 10.2 Å². The molecule has 1 saturated heterocycles. The Morgan fingerprint density at radius 3 is 2.60 bits per heavy atom. The van der Waals surface area contributed by atoms with E-state index >= 15 is 0 Å². The van der Waals surface area contributed by atoms with Crippen molar-refractivity contribution in [1.82, 2.24) is 14.9 Å². The number of aryl methyl sites for hydroxylation is 1. The first kappa shape index (κ1) is 14.6. The predicted octanol–water partition coefficient (Wildman–Crippen LogP) is 1.28.